The number of nitrogens with zero attached hydrogens (tertiary/aromatic N) is 1. The molecule has 2 aromatic carbocycles. The monoisotopic (exact) mass is 345 g/mol. The Bertz CT molecular complexity index is 806. The van der Waals surface area contributed by atoms with Crippen molar-refractivity contribution in [3.05, 3.63) is 83.4 Å². The first-order valence-corrected chi connectivity index (χ1v) is 8.70. The van der Waals surface area contributed by atoms with Gasteiger partial charge in [0.2, 0.25) is 0 Å². The Labute approximate surface area is 143 Å². The van der Waals surface area contributed by atoms with E-state index in [1.54, 1.807) is 30.2 Å². The highest BCUT2D eigenvalue weighted by atomic mass is 32.2. The van der Waals surface area contributed by atoms with E-state index in [9.17, 15) is 8.78 Å². The number of thioether (sulfide) groups is 1. The molecule has 0 fully saturated rings. The molecule has 1 aromatic heterocycles. The number of nitrogens with one attached hydrogen (secondary N) is 2. The molecule has 3 rings (SSSR count). The maximum absolute atomic E-state index is 13.7. The maximum atomic E-state index is 13.7. The van der Waals surface area contributed by atoms with E-state index in [-0.39, 0.29) is 6.04 Å². The fourth-order valence-corrected chi connectivity index (χ4v) is 3.00. The van der Waals surface area contributed by atoms with Gasteiger partial charge in [0.15, 0.2) is 11.6 Å². The summed E-state index contributed by atoms with van der Waals surface area (Å²) >= 11 is 1.64. The summed E-state index contributed by atoms with van der Waals surface area (Å²) in [5.74, 6) is -0.914. The molecule has 0 saturated carbocycles. The third-order valence-corrected chi connectivity index (χ3v) is 4.46. The van der Waals surface area contributed by atoms with Gasteiger partial charge in [-0.3, -0.25) is 5.32 Å². The predicted molar refractivity (Wildman–Crippen MR) is 91.9 cm³/mol. The van der Waals surface area contributed by atoms with Gasteiger partial charge < -0.3 is 4.98 Å². The lowest BCUT2D eigenvalue weighted by atomic mass is 9.98. The number of halogens is 2. The molecule has 0 aliphatic heterocycles. The van der Waals surface area contributed by atoms with Crippen molar-refractivity contribution >= 4 is 11.8 Å². The molecule has 0 spiro atoms. The van der Waals surface area contributed by atoms with E-state index in [0.717, 1.165) is 22.3 Å². The molecule has 0 amide bonds. The van der Waals surface area contributed by atoms with Gasteiger partial charge in [-0.25, -0.2) is 13.8 Å². The summed E-state index contributed by atoms with van der Waals surface area (Å²) < 4.78 is 27.0. The summed E-state index contributed by atoms with van der Waals surface area (Å²) in [7, 11) is 0. The molecule has 0 aliphatic rings. The number of H-pyrrole nitrogens is 1. The zero-order valence-corrected chi connectivity index (χ0v) is 13.9. The molecule has 0 aliphatic carbocycles. The smallest absolute Gasteiger partial charge is 0.159 e. The average molecular weight is 345 g/mol. The van der Waals surface area contributed by atoms with Crippen LogP contribution in [0.2, 0.25) is 0 Å². The maximum Gasteiger partial charge on any atom is 0.159 e. The third kappa shape index (κ3) is 3.83. The minimum absolute atomic E-state index is 0.266. The number of imidazole rings is 1. The largest absolute Gasteiger partial charge is 0.348 e. The molecule has 0 saturated heterocycles. The highest BCUT2D eigenvalue weighted by molar-refractivity contribution is 7.98. The molecule has 1 atom stereocenters. The van der Waals surface area contributed by atoms with Crippen LogP contribution in [-0.2, 0) is 6.54 Å². The van der Waals surface area contributed by atoms with E-state index in [0.29, 0.717) is 12.1 Å². The van der Waals surface area contributed by atoms with Crippen LogP contribution in [0.25, 0.3) is 0 Å². The number of benzene rings is 2. The van der Waals surface area contributed by atoms with Crippen molar-refractivity contribution in [3.8, 4) is 0 Å². The van der Waals surface area contributed by atoms with Crippen LogP contribution in [0.1, 0.15) is 23.0 Å². The highest BCUT2D eigenvalue weighted by Gasteiger charge is 2.16. The zero-order chi connectivity index (χ0) is 16.9. The van der Waals surface area contributed by atoms with Crippen molar-refractivity contribution in [1.29, 1.82) is 0 Å². The molecule has 3 aromatic rings. The van der Waals surface area contributed by atoms with Crippen LogP contribution >= 0.6 is 11.8 Å². The Morgan fingerprint density at radius 1 is 1.12 bits per heavy atom. The first-order valence-electron chi connectivity index (χ1n) is 7.48. The van der Waals surface area contributed by atoms with Gasteiger partial charge in [0.25, 0.3) is 0 Å². The molecule has 0 bridgehead atoms. The molecule has 3 nitrogen and oxygen atoms in total. The van der Waals surface area contributed by atoms with Gasteiger partial charge >= 0.3 is 0 Å². The van der Waals surface area contributed by atoms with Crippen molar-refractivity contribution in [3.63, 3.8) is 0 Å². The van der Waals surface area contributed by atoms with E-state index in [2.05, 4.69) is 15.3 Å². The van der Waals surface area contributed by atoms with Gasteiger partial charge in [0.05, 0.1) is 12.6 Å². The normalized spacial score (nSPS) is 12.3. The van der Waals surface area contributed by atoms with Gasteiger partial charge in [0.1, 0.15) is 5.82 Å². The first-order chi connectivity index (χ1) is 11.7. The van der Waals surface area contributed by atoms with Crippen molar-refractivity contribution < 1.29 is 8.78 Å². The third-order valence-electron chi connectivity index (χ3n) is 3.73. The van der Waals surface area contributed by atoms with E-state index in [4.69, 9.17) is 0 Å². The lowest BCUT2D eigenvalue weighted by Crippen LogP contribution is -2.23. The molecule has 6 heteroatoms. The fraction of sp³-hybridized carbons (Fsp3) is 0.167. The Balaban J connectivity index is 1.93. The fourth-order valence-electron chi connectivity index (χ4n) is 2.53. The van der Waals surface area contributed by atoms with Crippen LogP contribution in [0.4, 0.5) is 8.78 Å². The van der Waals surface area contributed by atoms with Gasteiger partial charge in [0, 0.05) is 17.3 Å². The van der Waals surface area contributed by atoms with Crippen LogP contribution in [0.5, 0.6) is 0 Å². The number of rotatable bonds is 6. The summed E-state index contributed by atoms with van der Waals surface area (Å²) in [4.78, 5) is 8.32. The number of aromatic amines is 1. The molecule has 1 heterocycles. The van der Waals surface area contributed by atoms with Crippen molar-refractivity contribution in [2.24, 2.45) is 0 Å². The van der Waals surface area contributed by atoms with Gasteiger partial charge in [-0.2, -0.15) is 0 Å². The molecule has 124 valence electrons. The molecule has 2 N–H and O–H groups in total. The van der Waals surface area contributed by atoms with Crippen LogP contribution in [-0.4, -0.2) is 16.2 Å². The van der Waals surface area contributed by atoms with E-state index < -0.39 is 11.6 Å². The molecular weight excluding hydrogens is 328 g/mol. The topological polar surface area (TPSA) is 40.7 Å². The van der Waals surface area contributed by atoms with Crippen LogP contribution in [0, 0.1) is 11.6 Å². The summed E-state index contributed by atoms with van der Waals surface area (Å²) in [6.07, 6.45) is 5.43. The van der Waals surface area contributed by atoms with Crippen LogP contribution in [0.15, 0.2) is 59.8 Å². The first kappa shape index (κ1) is 16.7. The van der Waals surface area contributed by atoms with Crippen LogP contribution < -0.4 is 5.32 Å². The Kier molecular flexibility index (Phi) is 5.27. The second kappa shape index (κ2) is 7.59. The quantitative estimate of drug-likeness (QED) is 0.655. The lowest BCUT2D eigenvalue weighted by molar-refractivity contribution is 0.502. The summed E-state index contributed by atoms with van der Waals surface area (Å²) in [6.45, 7) is 0.486. The van der Waals surface area contributed by atoms with Gasteiger partial charge in [-0.15, -0.1) is 11.8 Å². The predicted octanol–water partition coefficient (Wildman–Crippen LogP) is 4.29. The van der Waals surface area contributed by atoms with Crippen molar-refractivity contribution in [2.75, 3.05) is 6.26 Å². The Morgan fingerprint density at radius 3 is 2.67 bits per heavy atom. The van der Waals surface area contributed by atoms with Crippen LogP contribution in [0.3, 0.4) is 0 Å². The minimum atomic E-state index is -0.849. The molecule has 0 radical (unpaired) electrons. The molecule has 24 heavy (non-hydrogen) atoms. The van der Waals surface area contributed by atoms with E-state index >= 15 is 0 Å². The Morgan fingerprint density at radius 2 is 1.96 bits per heavy atom. The number of hydrogen-bond acceptors (Lipinski definition) is 3. The number of hydrogen-bond donors (Lipinski definition) is 2. The second-order valence-electron chi connectivity index (χ2n) is 5.30. The zero-order valence-electron chi connectivity index (χ0n) is 13.1. The van der Waals surface area contributed by atoms with Gasteiger partial charge in [-0.1, -0.05) is 18.2 Å². The highest BCUT2D eigenvalue weighted by Crippen LogP contribution is 2.27. The van der Waals surface area contributed by atoms with Crippen molar-refractivity contribution in [2.45, 2.75) is 17.5 Å². The Hall–Kier alpha value is -2.18. The van der Waals surface area contributed by atoms with Gasteiger partial charge in [-0.05, 0) is 41.6 Å². The van der Waals surface area contributed by atoms with E-state index in [1.165, 1.54) is 6.07 Å². The molecule has 0 unspecified atom stereocenters. The SMILES string of the molecule is CSc1cccc([C@H](NCc2ncc[nH]2)c2ccc(F)c(F)c2)c1. The lowest BCUT2D eigenvalue weighted by Gasteiger charge is -2.20. The molecular formula is C18H17F2N3S. The average Bonchev–Trinajstić information content (AvgIpc) is 3.12. The summed E-state index contributed by atoms with van der Waals surface area (Å²) in [5.41, 5.74) is 1.65. The standard InChI is InChI=1S/C18H17F2N3S/c1-24-14-4-2-3-12(9-14)18(23-11-17-21-7-8-22-17)13-5-6-15(19)16(20)10-13/h2-10,18,23H,11H2,1H3,(H,21,22)/t18-/m0/s1. The number of aromatic nitrogens is 2. The summed E-state index contributed by atoms with van der Waals surface area (Å²) in [5, 5.41) is 3.36. The van der Waals surface area contributed by atoms with Crippen molar-refractivity contribution in [1.82, 2.24) is 15.3 Å². The second-order valence-corrected chi connectivity index (χ2v) is 6.18. The van der Waals surface area contributed by atoms with E-state index in [1.807, 2.05) is 30.5 Å². The minimum Gasteiger partial charge on any atom is -0.348 e. The summed E-state index contributed by atoms with van der Waals surface area (Å²) in [6, 6.07) is 11.7.